The first-order valence-electron chi connectivity index (χ1n) is 16.6. The highest BCUT2D eigenvalue weighted by molar-refractivity contribution is 5.98. The number of rotatable bonds is 4. The zero-order valence-electron chi connectivity index (χ0n) is 28.3. The van der Waals surface area contributed by atoms with Crippen LogP contribution in [0.2, 0.25) is 0 Å². The van der Waals surface area contributed by atoms with Crippen molar-refractivity contribution in [1.29, 1.82) is 0 Å². The Hall–Kier alpha value is -4.68. The van der Waals surface area contributed by atoms with Crippen LogP contribution in [0.4, 0.5) is 0 Å². The molecule has 0 radical (unpaired) electrons. The predicted molar refractivity (Wildman–Crippen MR) is 198 cm³/mol. The van der Waals surface area contributed by atoms with Crippen molar-refractivity contribution in [3.63, 3.8) is 0 Å². The summed E-state index contributed by atoms with van der Waals surface area (Å²) in [6, 6.07) is 43.2. The SMILES string of the molecule is C=C/C(=C\C1=C(C)c2ccc(-c3ccccc3)cc2C12c1cc(C(C)(C)C)ccc1-c1ccc(C(C)(C)C)cc12)c1ccccc1. The zero-order chi connectivity index (χ0) is 32.4. The van der Waals surface area contributed by atoms with Gasteiger partial charge in [0.2, 0.25) is 0 Å². The lowest BCUT2D eigenvalue weighted by Gasteiger charge is -2.34. The minimum absolute atomic E-state index is 0.0139. The minimum atomic E-state index is -0.472. The van der Waals surface area contributed by atoms with E-state index in [2.05, 4.69) is 176 Å². The molecule has 0 atom stereocenters. The molecule has 7 rings (SSSR count). The Morgan fingerprint density at radius 2 is 1.07 bits per heavy atom. The smallest absolute Gasteiger partial charge is 0.0722 e. The third-order valence-corrected chi connectivity index (χ3v) is 10.2. The lowest BCUT2D eigenvalue weighted by Crippen LogP contribution is -2.28. The summed E-state index contributed by atoms with van der Waals surface area (Å²) in [6.45, 7) is 20.6. The summed E-state index contributed by atoms with van der Waals surface area (Å²) >= 11 is 0. The van der Waals surface area contributed by atoms with E-state index >= 15 is 0 Å². The molecule has 0 bridgehead atoms. The van der Waals surface area contributed by atoms with Gasteiger partial charge in [0, 0.05) is 0 Å². The summed E-state index contributed by atoms with van der Waals surface area (Å²) in [7, 11) is 0. The van der Waals surface area contributed by atoms with Gasteiger partial charge >= 0.3 is 0 Å². The van der Waals surface area contributed by atoms with Crippen molar-refractivity contribution >= 4 is 11.1 Å². The fourth-order valence-electron chi connectivity index (χ4n) is 7.66. The third kappa shape index (κ3) is 4.58. The van der Waals surface area contributed by atoms with Crippen molar-refractivity contribution in [3.05, 3.63) is 179 Å². The summed E-state index contributed by atoms with van der Waals surface area (Å²) in [5.41, 5.74) is 17.9. The molecule has 0 heteroatoms. The molecule has 2 aliphatic carbocycles. The highest BCUT2D eigenvalue weighted by Crippen LogP contribution is 2.63. The molecular weight excluding hydrogens is 553 g/mol. The van der Waals surface area contributed by atoms with Gasteiger partial charge in [-0.05, 0) is 108 Å². The number of allylic oxidation sites excluding steroid dienone is 5. The number of hydrogen-bond donors (Lipinski definition) is 0. The molecule has 0 unspecified atom stereocenters. The van der Waals surface area contributed by atoms with Crippen LogP contribution >= 0.6 is 0 Å². The fourth-order valence-corrected chi connectivity index (χ4v) is 7.66. The van der Waals surface area contributed by atoms with Gasteiger partial charge in [-0.1, -0.05) is 163 Å². The van der Waals surface area contributed by atoms with E-state index in [-0.39, 0.29) is 10.8 Å². The average Bonchev–Trinajstić information content (AvgIpc) is 3.47. The first kappa shape index (κ1) is 30.0. The molecule has 0 nitrogen and oxygen atoms in total. The van der Waals surface area contributed by atoms with Crippen LogP contribution < -0.4 is 0 Å². The van der Waals surface area contributed by atoms with E-state index in [1.165, 1.54) is 72.3 Å². The molecule has 5 aromatic carbocycles. The summed E-state index contributed by atoms with van der Waals surface area (Å²) in [4.78, 5) is 0. The van der Waals surface area contributed by atoms with Crippen LogP contribution in [-0.4, -0.2) is 0 Å². The Labute approximate surface area is 275 Å². The largest absolute Gasteiger partial charge is 0.0984 e. The summed E-state index contributed by atoms with van der Waals surface area (Å²) in [5, 5.41) is 0. The minimum Gasteiger partial charge on any atom is -0.0984 e. The van der Waals surface area contributed by atoms with Crippen molar-refractivity contribution in [2.24, 2.45) is 0 Å². The van der Waals surface area contributed by atoms with Gasteiger partial charge in [-0.3, -0.25) is 0 Å². The second kappa shape index (κ2) is 10.7. The molecule has 0 fully saturated rings. The maximum atomic E-state index is 4.31. The molecule has 228 valence electrons. The number of fused-ring (bicyclic) bond motifs is 7. The average molecular weight is 597 g/mol. The molecule has 46 heavy (non-hydrogen) atoms. The van der Waals surface area contributed by atoms with Gasteiger partial charge in [0.1, 0.15) is 0 Å². The van der Waals surface area contributed by atoms with Gasteiger partial charge in [-0.2, -0.15) is 0 Å². The van der Waals surface area contributed by atoms with Crippen LogP contribution in [0.5, 0.6) is 0 Å². The second-order valence-corrected chi connectivity index (χ2v) is 15.1. The standard InChI is InChI=1S/C46H44/c1-9-31(32-16-12-10-13-17-32)26-40-30(2)37-23-20-34(33-18-14-11-15-19-33)27-41(37)46(40)42-28-35(44(3,4)5)21-24-38(42)39-25-22-36(29-43(39)46)45(6,7)8/h9-29H,1H2,2-8H3/b31-26+. The van der Waals surface area contributed by atoms with Gasteiger partial charge in [0.05, 0.1) is 5.41 Å². The molecule has 0 amide bonds. The van der Waals surface area contributed by atoms with Gasteiger partial charge in [0.25, 0.3) is 0 Å². The van der Waals surface area contributed by atoms with Crippen LogP contribution in [0.25, 0.3) is 33.4 Å². The van der Waals surface area contributed by atoms with Crippen LogP contribution in [0.3, 0.4) is 0 Å². The van der Waals surface area contributed by atoms with Crippen molar-refractivity contribution in [3.8, 4) is 22.3 Å². The maximum Gasteiger partial charge on any atom is 0.0722 e. The third-order valence-electron chi connectivity index (χ3n) is 10.2. The molecule has 0 aliphatic heterocycles. The van der Waals surface area contributed by atoms with E-state index in [1.54, 1.807) is 0 Å². The molecular formula is C46H44. The summed E-state index contributed by atoms with van der Waals surface area (Å²) in [6.07, 6.45) is 4.46. The summed E-state index contributed by atoms with van der Waals surface area (Å²) < 4.78 is 0. The Balaban J connectivity index is 1.64. The van der Waals surface area contributed by atoms with Gasteiger partial charge in [-0.25, -0.2) is 0 Å². The van der Waals surface area contributed by atoms with Crippen molar-refractivity contribution in [2.45, 2.75) is 64.7 Å². The van der Waals surface area contributed by atoms with E-state index in [0.29, 0.717) is 0 Å². The predicted octanol–water partition coefficient (Wildman–Crippen LogP) is 12.3. The Kier molecular flexibility index (Phi) is 6.98. The van der Waals surface area contributed by atoms with Crippen LogP contribution in [-0.2, 0) is 16.2 Å². The molecule has 0 saturated carbocycles. The normalized spacial score (nSPS) is 15.2. The van der Waals surface area contributed by atoms with Crippen LogP contribution in [0.1, 0.15) is 87.4 Å². The van der Waals surface area contributed by atoms with Gasteiger partial charge in [0.15, 0.2) is 0 Å². The molecule has 0 N–H and O–H groups in total. The van der Waals surface area contributed by atoms with E-state index in [0.717, 1.165) is 5.57 Å². The maximum absolute atomic E-state index is 4.31. The second-order valence-electron chi connectivity index (χ2n) is 15.1. The summed E-state index contributed by atoms with van der Waals surface area (Å²) in [5.74, 6) is 0. The topological polar surface area (TPSA) is 0 Å². The number of benzene rings is 5. The molecule has 0 aromatic heterocycles. The molecule has 0 saturated heterocycles. The highest BCUT2D eigenvalue weighted by atomic mass is 14.5. The molecule has 0 heterocycles. The van der Waals surface area contributed by atoms with E-state index in [1.807, 2.05) is 6.08 Å². The quantitative estimate of drug-likeness (QED) is 0.181. The van der Waals surface area contributed by atoms with Crippen LogP contribution in [0.15, 0.2) is 140 Å². The monoisotopic (exact) mass is 596 g/mol. The Morgan fingerprint density at radius 1 is 0.565 bits per heavy atom. The van der Waals surface area contributed by atoms with E-state index < -0.39 is 5.41 Å². The van der Waals surface area contributed by atoms with Crippen molar-refractivity contribution in [2.75, 3.05) is 0 Å². The zero-order valence-corrected chi connectivity index (χ0v) is 28.3. The van der Waals surface area contributed by atoms with Gasteiger partial charge < -0.3 is 0 Å². The molecule has 2 aliphatic rings. The Morgan fingerprint density at radius 3 is 1.59 bits per heavy atom. The van der Waals surface area contributed by atoms with Crippen LogP contribution in [0, 0.1) is 0 Å². The first-order valence-corrected chi connectivity index (χ1v) is 16.6. The lowest BCUT2D eigenvalue weighted by atomic mass is 9.67. The first-order chi connectivity index (χ1) is 21.9. The molecule has 1 spiro atoms. The Bertz CT molecular complexity index is 1990. The van der Waals surface area contributed by atoms with E-state index in [9.17, 15) is 0 Å². The highest BCUT2D eigenvalue weighted by Gasteiger charge is 2.52. The lowest BCUT2D eigenvalue weighted by molar-refractivity contribution is 0.586. The number of hydrogen-bond acceptors (Lipinski definition) is 0. The molecule has 5 aromatic rings. The van der Waals surface area contributed by atoms with Crippen molar-refractivity contribution in [1.82, 2.24) is 0 Å². The van der Waals surface area contributed by atoms with Gasteiger partial charge in [-0.15, -0.1) is 0 Å². The van der Waals surface area contributed by atoms with E-state index in [4.69, 9.17) is 0 Å². The van der Waals surface area contributed by atoms with Crippen molar-refractivity contribution < 1.29 is 0 Å². The fraction of sp³-hybridized carbons (Fsp3) is 0.217.